The zero-order chi connectivity index (χ0) is 22.7. The van der Waals surface area contributed by atoms with Gasteiger partial charge in [0.1, 0.15) is 5.82 Å². The SMILES string of the molecule is CC(CCC(N)=O)S(=O)(=O)Cc1cc(N2CCOCC2)nc(-c2ccc3[nH]ccc3c2)n1. The molecule has 10 heteroatoms. The highest BCUT2D eigenvalue weighted by atomic mass is 32.2. The third-order valence-corrected chi connectivity index (χ3v) is 7.83. The van der Waals surface area contributed by atoms with Crippen LogP contribution >= 0.6 is 0 Å². The summed E-state index contributed by atoms with van der Waals surface area (Å²) in [5.74, 6) is 0.423. The lowest BCUT2D eigenvalue weighted by atomic mass is 10.1. The summed E-state index contributed by atoms with van der Waals surface area (Å²) in [7, 11) is -3.53. The van der Waals surface area contributed by atoms with Gasteiger partial charge in [0.2, 0.25) is 5.91 Å². The van der Waals surface area contributed by atoms with Gasteiger partial charge in [0, 0.05) is 48.2 Å². The zero-order valence-corrected chi connectivity index (χ0v) is 18.8. The van der Waals surface area contributed by atoms with Crippen molar-refractivity contribution in [1.82, 2.24) is 15.0 Å². The van der Waals surface area contributed by atoms with Crippen LogP contribution in [0.3, 0.4) is 0 Å². The second kappa shape index (κ2) is 9.25. The number of aromatic nitrogens is 3. The summed E-state index contributed by atoms with van der Waals surface area (Å²) in [5, 5.41) is 0.327. The summed E-state index contributed by atoms with van der Waals surface area (Å²) in [6, 6.07) is 9.57. The third-order valence-electron chi connectivity index (χ3n) is 5.67. The topological polar surface area (TPSA) is 131 Å². The number of fused-ring (bicyclic) bond motifs is 1. The maximum Gasteiger partial charge on any atom is 0.217 e. The summed E-state index contributed by atoms with van der Waals surface area (Å²) in [6.07, 6.45) is 2.09. The van der Waals surface area contributed by atoms with E-state index in [0.717, 1.165) is 16.5 Å². The maximum absolute atomic E-state index is 12.9. The van der Waals surface area contributed by atoms with Crippen molar-refractivity contribution >= 4 is 32.5 Å². The van der Waals surface area contributed by atoms with Gasteiger partial charge in [-0.25, -0.2) is 18.4 Å². The van der Waals surface area contributed by atoms with Gasteiger partial charge in [-0.05, 0) is 37.6 Å². The highest BCUT2D eigenvalue weighted by Crippen LogP contribution is 2.26. The fourth-order valence-electron chi connectivity index (χ4n) is 3.71. The smallest absolute Gasteiger partial charge is 0.217 e. The van der Waals surface area contributed by atoms with Gasteiger partial charge >= 0.3 is 0 Å². The van der Waals surface area contributed by atoms with Gasteiger partial charge in [-0.3, -0.25) is 4.79 Å². The molecule has 1 aromatic carbocycles. The van der Waals surface area contributed by atoms with Gasteiger partial charge in [-0.15, -0.1) is 0 Å². The number of sulfone groups is 1. The molecule has 1 amide bonds. The van der Waals surface area contributed by atoms with E-state index in [1.54, 1.807) is 13.0 Å². The molecule has 3 heterocycles. The average Bonchev–Trinajstić information content (AvgIpc) is 3.25. The van der Waals surface area contributed by atoms with Crippen LogP contribution in [0.15, 0.2) is 36.5 Å². The van der Waals surface area contributed by atoms with Crippen LogP contribution in [0.25, 0.3) is 22.3 Å². The molecule has 3 N–H and O–H groups in total. The Kier molecular flexibility index (Phi) is 6.43. The van der Waals surface area contributed by atoms with E-state index in [-0.39, 0.29) is 18.6 Å². The molecule has 0 bridgehead atoms. The lowest BCUT2D eigenvalue weighted by Crippen LogP contribution is -2.37. The van der Waals surface area contributed by atoms with Crippen LogP contribution in [0.2, 0.25) is 0 Å². The first-order chi connectivity index (χ1) is 15.3. The number of nitrogens with zero attached hydrogens (tertiary/aromatic N) is 3. The van der Waals surface area contributed by atoms with Crippen LogP contribution in [0, 0.1) is 0 Å². The van der Waals surface area contributed by atoms with Crippen molar-refractivity contribution in [1.29, 1.82) is 0 Å². The van der Waals surface area contributed by atoms with Crippen molar-refractivity contribution in [3.63, 3.8) is 0 Å². The Labute approximate surface area is 186 Å². The standard InChI is InChI=1S/C22H27N5O4S/c1-15(2-5-20(23)28)32(29,30)14-18-13-21(27-8-10-31-11-9-27)26-22(25-18)17-3-4-19-16(12-17)6-7-24-19/h3-4,6-7,12-13,15,24H,2,5,8-11,14H2,1H3,(H2,23,28). The Balaban J connectivity index is 1.69. The van der Waals surface area contributed by atoms with E-state index in [2.05, 4.69) is 14.9 Å². The first-order valence-corrected chi connectivity index (χ1v) is 12.3. The molecular weight excluding hydrogens is 430 g/mol. The number of aromatic amines is 1. The Hall–Kier alpha value is -2.98. The number of nitrogens with one attached hydrogen (secondary N) is 1. The number of morpholine rings is 1. The van der Waals surface area contributed by atoms with Crippen LogP contribution in [-0.4, -0.2) is 60.8 Å². The fraction of sp³-hybridized carbons (Fsp3) is 0.409. The lowest BCUT2D eigenvalue weighted by molar-refractivity contribution is -0.118. The molecule has 1 unspecified atom stereocenters. The number of ether oxygens (including phenoxy) is 1. The predicted octanol–water partition coefficient (Wildman–Crippen LogP) is 2.03. The van der Waals surface area contributed by atoms with Crippen molar-refractivity contribution in [2.45, 2.75) is 30.8 Å². The van der Waals surface area contributed by atoms with Gasteiger partial charge in [-0.2, -0.15) is 0 Å². The minimum atomic E-state index is -3.53. The summed E-state index contributed by atoms with van der Waals surface area (Å²) in [5.41, 5.74) is 7.43. The zero-order valence-electron chi connectivity index (χ0n) is 18.0. The monoisotopic (exact) mass is 457 g/mol. The molecule has 3 aromatic rings. The number of carbonyl (C=O) groups excluding carboxylic acids is 1. The van der Waals surface area contributed by atoms with E-state index in [0.29, 0.717) is 43.6 Å². The quantitative estimate of drug-likeness (QED) is 0.529. The van der Waals surface area contributed by atoms with Crippen molar-refractivity contribution in [3.8, 4) is 11.4 Å². The van der Waals surface area contributed by atoms with E-state index in [9.17, 15) is 13.2 Å². The molecule has 32 heavy (non-hydrogen) atoms. The summed E-state index contributed by atoms with van der Waals surface area (Å²) in [6.45, 7) is 4.13. The van der Waals surface area contributed by atoms with Gasteiger partial charge in [0.25, 0.3) is 0 Å². The lowest BCUT2D eigenvalue weighted by Gasteiger charge is -2.28. The number of hydrogen-bond acceptors (Lipinski definition) is 7. The molecule has 2 aromatic heterocycles. The highest BCUT2D eigenvalue weighted by molar-refractivity contribution is 7.91. The number of primary amides is 1. The largest absolute Gasteiger partial charge is 0.378 e. The van der Waals surface area contributed by atoms with Gasteiger partial charge in [0.15, 0.2) is 15.7 Å². The number of hydrogen-bond donors (Lipinski definition) is 2. The van der Waals surface area contributed by atoms with Crippen molar-refractivity contribution in [2.24, 2.45) is 5.73 Å². The minimum absolute atomic E-state index is 0.0329. The second-order valence-electron chi connectivity index (χ2n) is 8.04. The number of amides is 1. The molecule has 1 saturated heterocycles. The molecular formula is C22H27N5O4S. The average molecular weight is 458 g/mol. The first kappa shape index (κ1) is 22.2. The van der Waals surface area contributed by atoms with E-state index in [1.165, 1.54) is 0 Å². The molecule has 9 nitrogen and oxygen atoms in total. The Morgan fingerprint density at radius 3 is 2.75 bits per heavy atom. The number of nitrogens with two attached hydrogens (primary N) is 1. The molecule has 1 fully saturated rings. The van der Waals surface area contributed by atoms with Gasteiger partial charge in [0.05, 0.1) is 29.9 Å². The molecule has 0 spiro atoms. The van der Waals surface area contributed by atoms with Crippen LogP contribution in [0.4, 0.5) is 5.82 Å². The Morgan fingerprint density at radius 2 is 2.00 bits per heavy atom. The van der Waals surface area contributed by atoms with Crippen LogP contribution in [0.1, 0.15) is 25.5 Å². The van der Waals surface area contributed by atoms with Crippen LogP contribution in [-0.2, 0) is 25.1 Å². The maximum atomic E-state index is 12.9. The first-order valence-electron chi connectivity index (χ1n) is 10.6. The van der Waals surface area contributed by atoms with Crippen molar-refractivity contribution in [3.05, 3.63) is 42.2 Å². The number of rotatable bonds is 8. The normalized spacial score (nSPS) is 15.7. The number of H-pyrrole nitrogens is 1. The van der Waals surface area contributed by atoms with E-state index < -0.39 is 21.0 Å². The molecule has 0 aliphatic carbocycles. The molecule has 1 aliphatic heterocycles. The number of benzene rings is 1. The Morgan fingerprint density at radius 1 is 1.22 bits per heavy atom. The van der Waals surface area contributed by atoms with Crippen molar-refractivity contribution < 1.29 is 17.9 Å². The number of anilines is 1. The Bertz CT molecular complexity index is 1220. The highest BCUT2D eigenvalue weighted by Gasteiger charge is 2.24. The van der Waals surface area contributed by atoms with E-state index in [4.69, 9.17) is 15.5 Å². The van der Waals surface area contributed by atoms with E-state index in [1.807, 2.05) is 30.5 Å². The molecule has 0 radical (unpaired) electrons. The molecule has 1 aliphatic rings. The summed E-state index contributed by atoms with van der Waals surface area (Å²) >= 11 is 0. The van der Waals surface area contributed by atoms with Gasteiger partial charge in [-0.1, -0.05) is 0 Å². The summed E-state index contributed by atoms with van der Waals surface area (Å²) < 4.78 is 31.3. The fourth-order valence-corrected chi connectivity index (χ4v) is 5.03. The minimum Gasteiger partial charge on any atom is -0.378 e. The molecule has 0 saturated carbocycles. The number of carbonyl (C=O) groups is 1. The van der Waals surface area contributed by atoms with Crippen molar-refractivity contribution in [2.75, 3.05) is 31.2 Å². The predicted molar refractivity (Wildman–Crippen MR) is 123 cm³/mol. The van der Waals surface area contributed by atoms with Crippen LogP contribution < -0.4 is 10.6 Å². The molecule has 4 rings (SSSR count). The second-order valence-corrected chi connectivity index (χ2v) is 10.5. The molecule has 170 valence electrons. The van der Waals surface area contributed by atoms with Crippen LogP contribution in [0.5, 0.6) is 0 Å². The van der Waals surface area contributed by atoms with Gasteiger partial charge < -0.3 is 20.4 Å². The molecule has 1 atom stereocenters. The third kappa shape index (κ3) is 5.08. The van der Waals surface area contributed by atoms with E-state index >= 15 is 0 Å². The summed E-state index contributed by atoms with van der Waals surface area (Å²) in [4.78, 5) is 25.7.